The summed E-state index contributed by atoms with van der Waals surface area (Å²) in [4.78, 5) is 10.1. The van der Waals surface area contributed by atoms with E-state index in [-0.39, 0.29) is 5.97 Å². The molecule has 45 valence electrons. The Kier molecular flexibility index (Phi) is 1.51. The van der Waals surface area contributed by atoms with Crippen LogP contribution < -0.4 is 0 Å². The van der Waals surface area contributed by atoms with E-state index >= 15 is 0 Å². The van der Waals surface area contributed by atoms with Crippen LogP contribution in [0.3, 0.4) is 0 Å². The smallest absolute Gasteiger partial charge is 0.303 e. The Morgan fingerprint density at radius 1 is 1.75 bits per heavy atom. The molecule has 1 fully saturated rings. The van der Waals surface area contributed by atoms with E-state index in [1.54, 1.807) is 6.61 Å². The monoisotopic (exact) mass is 113 g/mol. The summed E-state index contributed by atoms with van der Waals surface area (Å²) in [7, 11) is 0. The second-order valence-corrected chi connectivity index (χ2v) is 2.08. The lowest BCUT2D eigenvalue weighted by Gasteiger charge is -1.94. The van der Waals surface area contributed by atoms with Crippen LogP contribution in [0.5, 0.6) is 0 Å². The van der Waals surface area contributed by atoms with Crippen molar-refractivity contribution in [3.05, 3.63) is 6.61 Å². The van der Waals surface area contributed by atoms with Crippen molar-refractivity contribution >= 4 is 5.97 Å². The molecule has 0 heterocycles. The average Bonchev–Trinajstić information content (AvgIpc) is 2.41. The predicted molar refractivity (Wildman–Crippen MR) is 28.8 cm³/mol. The fourth-order valence-corrected chi connectivity index (χ4v) is 0.424. The van der Waals surface area contributed by atoms with Crippen molar-refractivity contribution in [2.24, 2.45) is 5.92 Å². The fraction of sp³-hybridized carbons (Fsp3) is 0.667. The molecular formula is C6H9O2. The van der Waals surface area contributed by atoms with Gasteiger partial charge in [-0.3, -0.25) is 4.79 Å². The quantitative estimate of drug-likeness (QED) is 0.501. The van der Waals surface area contributed by atoms with Crippen molar-refractivity contribution in [2.75, 3.05) is 0 Å². The summed E-state index contributed by atoms with van der Waals surface area (Å²) >= 11 is 0. The van der Waals surface area contributed by atoms with E-state index in [9.17, 15) is 4.79 Å². The molecule has 0 unspecified atom stereocenters. The van der Waals surface area contributed by atoms with Gasteiger partial charge in [0.2, 0.25) is 0 Å². The van der Waals surface area contributed by atoms with Gasteiger partial charge < -0.3 is 4.74 Å². The van der Waals surface area contributed by atoms with Gasteiger partial charge in [0.25, 0.3) is 0 Å². The topological polar surface area (TPSA) is 26.3 Å². The molecule has 0 saturated heterocycles. The summed E-state index contributed by atoms with van der Waals surface area (Å²) in [6, 6.07) is 0. The molecule has 0 amide bonds. The Morgan fingerprint density at radius 3 is 2.75 bits per heavy atom. The molecule has 0 aromatic heterocycles. The highest BCUT2D eigenvalue weighted by Crippen LogP contribution is 2.31. The number of esters is 1. The van der Waals surface area contributed by atoms with Gasteiger partial charge >= 0.3 is 5.97 Å². The Bertz CT molecular complexity index is 94.7. The SMILES string of the molecule is CC(=O)O[CH]C1CC1. The van der Waals surface area contributed by atoms with Crippen LogP contribution in [0.15, 0.2) is 0 Å². The minimum absolute atomic E-state index is 0.211. The number of hydrogen-bond acceptors (Lipinski definition) is 2. The van der Waals surface area contributed by atoms with Crippen LogP contribution in [0.25, 0.3) is 0 Å². The first-order valence-corrected chi connectivity index (χ1v) is 2.79. The number of rotatable bonds is 2. The van der Waals surface area contributed by atoms with Crippen molar-refractivity contribution in [1.82, 2.24) is 0 Å². The van der Waals surface area contributed by atoms with Crippen LogP contribution in [0.1, 0.15) is 19.8 Å². The van der Waals surface area contributed by atoms with Gasteiger partial charge in [0.1, 0.15) is 6.61 Å². The molecule has 1 rings (SSSR count). The van der Waals surface area contributed by atoms with Crippen molar-refractivity contribution in [1.29, 1.82) is 0 Å². The molecule has 2 heteroatoms. The maximum absolute atomic E-state index is 10.1. The maximum Gasteiger partial charge on any atom is 0.303 e. The first kappa shape index (κ1) is 5.60. The van der Waals surface area contributed by atoms with Gasteiger partial charge in [0, 0.05) is 6.92 Å². The van der Waals surface area contributed by atoms with Gasteiger partial charge in [-0.05, 0) is 18.8 Å². The molecule has 0 aromatic carbocycles. The zero-order valence-corrected chi connectivity index (χ0v) is 4.89. The van der Waals surface area contributed by atoms with E-state index in [2.05, 4.69) is 4.74 Å². The standard InChI is InChI=1S/C6H9O2/c1-5(7)8-4-6-2-3-6/h4,6H,2-3H2,1H3. The lowest BCUT2D eigenvalue weighted by atomic mass is 10.5. The van der Waals surface area contributed by atoms with E-state index in [1.165, 1.54) is 19.8 Å². The van der Waals surface area contributed by atoms with Gasteiger partial charge in [0.05, 0.1) is 0 Å². The molecule has 0 aromatic rings. The van der Waals surface area contributed by atoms with Gasteiger partial charge in [-0.25, -0.2) is 0 Å². The highest BCUT2D eigenvalue weighted by molar-refractivity contribution is 5.66. The lowest BCUT2D eigenvalue weighted by molar-refractivity contribution is -0.137. The molecule has 1 radical (unpaired) electrons. The number of ether oxygens (including phenoxy) is 1. The molecule has 1 saturated carbocycles. The molecule has 0 atom stereocenters. The maximum atomic E-state index is 10.1. The molecule has 0 N–H and O–H groups in total. The van der Waals surface area contributed by atoms with Gasteiger partial charge in [-0.15, -0.1) is 0 Å². The molecule has 0 bridgehead atoms. The van der Waals surface area contributed by atoms with E-state index in [0.29, 0.717) is 5.92 Å². The van der Waals surface area contributed by atoms with Gasteiger partial charge in [-0.2, -0.15) is 0 Å². The first-order chi connectivity index (χ1) is 3.79. The zero-order valence-electron chi connectivity index (χ0n) is 4.89. The molecule has 8 heavy (non-hydrogen) atoms. The Hall–Kier alpha value is -0.530. The second-order valence-electron chi connectivity index (χ2n) is 2.08. The molecule has 1 aliphatic carbocycles. The summed E-state index contributed by atoms with van der Waals surface area (Å²) in [5, 5.41) is 0. The largest absolute Gasteiger partial charge is 0.458 e. The van der Waals surface area contributed by atoms with E-state index in [0.717, 1.165) is 0 Å². The summed E-state index contributed by atoms with van der Waals surface area (Å²) < 4.78 is 4.60. The Morgan fingerprint density at radius 2 is 2.38 bits per heavy atom. The first-order valence-electron chi connectivity index (χ1n) is 2.79. The zero-order chi connectivity index (χ0) is 5.98. The van der Waals surface area contributed by atoms with Crippen molar-refractivity contribution in [3.8, 4) is 0 Å². The highest BCUT2D eigenvalue weighted by atomic mass is 16.5. The summed E-state index contributed by atoms with van der Waals surface area (Å²) in [5.41, 5.74) is 0. The van der Waals surface area contributed by atoms with Crippen LogP contribution in [0.4, 0.5) is 0 Å². The fourth-order valence-electron chi connectivity index (χ4n) is 0.424. The Balaban J connectivity index is 1.95. The summed E-state index contributed by atoms with van der Waals surface area (Å²) in [6.45, 7) is 3.04. The molecule has 0 aliphatic heterocycles. The summed E-state index contributed by atoms with van der Waals surface area (Å²) in [6.07, 6.45) is 2.38. The second kappa shape index (κ2) is 2.16. The summed E-state index contributed by atoms with van der Waals surface area (Å²) in [5.74, 6) is 0.357. The van der Waals surface area contributed by atoms with Crippen LogP contribution in [0.2, 0.25) is 0 Å². The van der Waals surface area contributed by atoms with E-state index in [4.69, 9.17) is 0 Å². The lowest BCUT2D eigenvalue weighted by Crippen LogP contribution is -1.95. The number of hydrogen-bond donors (Lipinski definition) is 0. The molecular weight excluding hydrogens is 104 g/mol. The molecule has 1 aliphatic rings. The Labute approximate surface area is 48.8 Å². The highest BCUT2D eigenvalue weighted by Gasteiger charge is 2.22. The van der Waals surface area contributed by atoms with Crippen molar-refractivity contribution in [3.63, 3.8) is 0 Å². The number of carbonyl (C=O) groups excluding carboxylic acids is 1. The predicted octanol–water partition coefficient (Wildman–Crippen LogP) is 1.12. The molecule has 0 spiro atoms. The average molecular weight is 113 g/mol. The van der Waals surface area contributed by atoms with E-state index in [1.807, 2.05) is 0 Å². The minimum Gasteiger partial charge on any atom is -0.458 e. The van der Waals surface area contributed by atoms with Crippen molar-refractivity contribution < 1.29 is 9.53 Å². The minimum atomic E-state index is -0.211. The van der Waals surface area contributed by atoms with Crippen molar-refractivity contribution in [2.45, 2.75) is 19.8 Å². The normalized spacial score (nSPS) is 18.1. The third kappa shape index (κ3) is 1.96. The number of carbonyl (C=O) groups is 1. The van der Waals surface area contributed by atoms with Crippen LogP contribution in [0, 0.1) is 12.5 Å². The van der Waals surface area contributed by atoms with E-state index < -0.39 is 0 Å². The van der Waals surface area contributed by atoms with Gasteiger partial charge in [-0.1, -0.05) is 0 Å². The van der Waals surface area contributed by atoms with Crippen LogP contribution in [-0.2, 0) is 9.53 Å². The van der Waals surface area contributed by atoms with Gasteiger partial charge in [0.15, 0.2) is 0 Å². The third-order valence-electron chi connectivity index (χ3n) is 1.05. The third-order valence-corrected chi connectivity index (χ3v) is 1.05. The molecule has 2 nitrogen and oxygen atoms in total. The van der Waals surface area contributed by atoms with Crippen LogP contribution in [-0.4, -0.2) is 5.97 Å². The van der Waals surface area contributed by atoms with Crippen LogP contribution >= 0.6 is 0 Å².